The quantitative estimate of drug-likeness (QED) is 0.520. The van der Waals surface area contributed by atoms with E-state index in [-0.39, 0.29) is 0 Å². The maximum absolute atomic E-state index is 3.69. The van der Waals surface area contributed by atoms with Crippen LogP contribution in [0.25, 0.3) is 0 Å². The van der Waals surface area contributed by atoms with Gasteiger partial charge in [-0.05, 0) is 24.9 Å². The molecule has 0 fully saturated rings. The molecule has 1 unspecified atom stereocenters. The van der Waals surface area contributed by atoms with Crippen molar-refractivity contribution in [3.63, 3.8) is 0 Å². The normalized spacial score (nSPS) is 12.5. The Morgan fingerprint density at radius 1 is 0.842 bits per heavy atom. The predicted molar refractivity (Wildman–Crippen MR) is 85.5 cm³/mol. The third kappa shape index (κ3) is 7.37. The second kappa shape index (κ2) is 11.0. The minimum Gasteiger partial charge on any atom is -0.310 e. The minimum absolute atomic E-state index is 0.548. The van der Waals surface area contributed by atoms with Crippen LogP contribution in [0.1, 0.15) is 76.8 Å². The second-order valence-electron chi connectivity index (χ2n) is 5.47. The van der Waals surface area contributed by atoms with Crippen molar-refractivity contribution in [3.8, 4) is 0 Å². The van der Waals surface area contributed by atoms with Crippen molar-refractivity contribution in [2.75, 3.05) is 6.54 Å². The third-order valence-electron chi connectivity index (χ3n) is 3.69. The van der Waals surface area contributed by atoms with E-state index in [4.69, 9.17) is 0 Å². The molecule has 0 spiro atoms. The summed E-state index contributed by atoms with van der Waals surface area (Å²) in [6.45, 7) is 5.63. The van der Waals surface area contributed by atoms with Crippen LogP contribution in [-0.4, -0.2) is 6.54 Å². The largest absolute Gasteiger partial charge is 0.310 e. The molecule has 0 amide bonds. The lowest BCUT2D eigenvalue weighted by Gasteiger charge is -2.19. The standard InChI is InChI=1S/C18H31N/c1-3-5-6-7-8-12-15-18(19-16-4-2)17-13-10-9-11-14-17/h9-11,13-14,18-19H,3-8,12,15-16H2,1-2H3. The van der Waals surface area contributed by atoms with Gasteiger partial charge in [-0.2, -0.15) is 0 Å². The lowest BCUT2D eigenvalue weighted by atomic mass is 9.99. The molecule has 0 saturated heterocycles. The van der Waals surface area contributed by atoms with E-state index >= 15 is 0 Å². The Kier molecular flexibility index (Phi) is 9.44. The van der Waals surface area contributed by atoms with Gasteiger partial charge < -0.3 is 5.32 Å². The Labute approximate surface area is 119 Å². The fourth-order valence-electron chi connectivity index (χ4n) is 2.52. The first-order valence-electron chi connectivity index (χ1n) is 8.16. The summed E-state index contributed by atoms with van der Waals surface area (Å²) >= 11 is 0. The summed E-state index contributed by atoms with van der Waals surface area (Å²) in [6.07, 6.45) is 10.8. The molecule has 1 aromatic carbocycles. The van der Waals surface area contributed by atoms with Crippen LogP contribution in [0.2, 0.25) is 0 Å². The summed E-state index contributed by atoms with van der Waals surface area (Å²) in [5.41, 5.74) is 1.45. The molecule has 1 atom stereocenters. The highest BCUT2D eigenvalue weighted by molar-refractivity contribution is 5.18. The van der Waals surface area contributed by atoms with E-state index < -0.39 is 0 Å². The van der Waals surface area contributed by atoms with Crippen LogP contribution in [0.3, 0.4) is 0 Å². The average Bonchev–Trinajstić information content (AvgIpc) is 2.46. The van der Waals surface area contributed by atoms with Crippen LogP contribution in [0.5, 0.6) is 0 Å². The Hall–Kier alpha value is -0.820. The molecule has 1 N–H and O–H groups in total. The SMILES string of the molecule is CCCCCCCCC(NCCC)c1ccccc1. The second-order valence-corrected chi connectivity index (χ2v) is 5.47. The maximum atomic E-state index is 3.69. The van der Waals surface area contributed by atoms with Crippen molar-refractivity contribution in [1.29, 1.82) is 0 Å². The fraction of sp³-hybridized carbons (Fsp3) is 0.667. The fourth-order valence-corrected chi connectivity index (χ4v) is 2.52. The summed E-state index contributed by atoms with van der Waals surface area (Å²) in [5.74, 6) is 0. The third-order valence-corrected chi connectivity index (χ3v) is 3.69. The van der Waals surface area contributed by atoms with Crippen LogP contribution < -0.4 is 5.32 Å². The number of unbranched alkanes of at least 4 members (excludes halogenated alkanes) is 5. The highest BCUT2D eigenvalue weighted by atomic mass is 14.9. The summed E-state index contributed by atoms with van der Waals surface area (Å²) in [6, 6.07) is 11.5. The van der Waals surface area contributed by atoms with E-state index in [1.807, 2.05) is 0 Å². The molecule has 1 heteroatoms. The summed E-state index contributed by atoms with van der Waals surface area (Å²) < 4.78 is 0. The van der Waals surface area contributed by atoms with Crippen molar-refractivity contribution in [1.82, 2.24) is 5.32 Å². The summed E-state index contributed by atoms with van der Waals surface area (Å²) in [5, 5.41) is 3.69. The molecular weight excluding hydrogens is 230 g/mol. The van der Waals surface area contributed by atoms with Crippen molar-refractivity contribution in [2.45, 2.75) is 71.3 Å². The van der Waals surface area contributed by atoms with Crippen molar-refractivity contribution in [2.24, 2.45) is 0 Å². The van der Waals surface area contributed by atoms with Crippen LogP contribution in [0.15, 0.2) is 30.3 Å². The van der Waals surface area contributed by atoms with Gasteiger partial charge in [-0.25, -0.2) is 0 Å². The Bertz CT molecular complexity index is 294. The van der Waals surface area contributed by atoms with Gasteiger partial charge in [-0.3, -0.25) is 0 Å². The average molecular weight is 261 g/mol. The molecule has 1 aromatic rings. The molecular formula is C18H31N. The molecule has 1 nitrogen and oxygen atoms in total. The van der Waals surface area contributed by atoms with E-state index in [1.54, 1.807) is 0 Å². The lowest BCUT2D eigenvalue weighted by Crippen LogP contribution is -2.22. The number of benzene rings is 1. The van der Waals surface area contributed by atoms with E-state index in [0.29, 0.717) is 6.04 Å². The molecule has 0 saturated carbocycles. The predicted octanol–water partition coefficient (Wildman–Crippen LogP) is 5.48. The Balaban J connectivity index is 2.30. The smallest absolute Gasteiger partial charge is 0.0320 e. The first-order valence-corrected chi connectivity index (χ1v) is 8.16. The minimum atomic E-state index is 0.548. The van der Waals surface area contributed by atoms with Gasteiger partial charge in [0.15, 0.2) is 0 Å². The van der Waals surface area contributed by atoms with Gasteiger partial charge >= 0.3 is 0 Å². The molecule has 0 heterocycles. The van der Waals surface area contributed by atoms with E-state index in [0.717, 1.165) is 6.54 Å². The molecule has 108 valence electrons. The number of hydrogen-bond donors (Lipinski definition) is 1. The number of nitrogens with one attached hydrogen (secondary N) is 1. The molecule has 0 radical (unpaired) electrons. The monoisotopic (exact) mass is 261 g/mol. The van der Waals surface area contributed by atoms with E-state index in [9.17, 15) is 0 Å². The highest BCUT2D eigenvalue weighted by Crippen LogP contribution is 2.20. The van der Waals surface area contributed by atoms with Gasteiger partial charge in [0.2, 0.25) is 0 Å². The van der Waals surface area contributed by atoms with Gasteiger partial charge in [0.25, 0.3) is 0 Å². The number of hydrogen-bond acceptors (Lipinski definition) is 1. The zero-order valence-electron chi connectivity index (χ0n) is 12.8. The molecule has 0 aliphatic carbocycles. The van der Waals surface area contributed by atoms with E-state index in [2.05, 4.69) is 49.5 Å². The highest BCUT2D eigenvalue weighted by Gasteiger charge is 2.09. The Morgan fingerprint density at radius 2 is 1.53 bits per heavy atom. The van der Waals surface area contributed by atoms with Gasteiger partial charge in [-0.15, -0.1) is 0 Å². The van der Waals surface area contributed by atoms with Gasteiger partial charge in [0.05, 0.1) is 0 Å². The Morgan fingerprint density at radius 3 is 2.21 bits per heavy atom. The molecule has 0 aliphatic rings. The molecule has 19 heavy (non-hydrogen) atoms. The zero-order valence-corrected chi connectivity index (χ0v) is 12.8. The zero-order chi connectivity index (χ0) is 13.8. The first kappa shape index (κ1) is 16.2. The van der Waals surface area contributed by atoms with Crippen molar-refractivity contribution < 1.29 is 0 Å². The van der Waals surface area contributed by atoms with Crippen LogP contribution in [0.4, 0.5) is 0 Å². The van der Waals surface area contributed by atoms with Crippen LogP contribution in [-0.2, 0) is 0 Å². The lowest BCUT2D eigenvalue weighted by molar-refractivity contribution is 0.466. The first-order chi connectivity index (χ1) is 9.38. The van der Waals surface area contributed by atoms with Gasteiger partial charge in [0, 0.05) is 6.04 Å². The van der Waals surface area contributed by atoms with Crippen molar-refractivity contribution in [3.05, 3.63) is 35.9 Å². The van der Waals surface area contributed by atoms with Crippen LogP contribution in [0, 0.1) is 0 Å². The molecule has 0 aromatic heterocycles. The topological polar surface area (TPSA) is 12.0 Å². The van der Waals surface area contributed by atoms with Gasteiger partial charge in [0.1, 0.15) is 0 Å². The molecule has 0 aliphatic heterocycles. The van der Waals surface area contributed by atoms with E-state index in [1.165, 1.54) is 56.9 Å². The van der Waals surface area contributed by atoms with Crippen LogP contribution >= 0.6 is 0 Å². The molecule has 0 bridgehead atoms. The maximum Gasteiger partial charge on any atom is 0.0320 e. The van der Waals surface area contributed by atoms with Gasteiger partial charge in [-0.1, -0.05) is 82.7 Å². The number of rotatable bonds is 11. The summed E-state index contributed by atoms with van der Waals surface area (Å²) in [7, 11) is 0. The van der Waals surface area contributed by atoms with Crippen molar-refractivity contribution >= 4 is 0 Å². The summed E-state index contributed by atoms with van der Waals surface area (Å²) in [4.78, 5) is 0. The molecule has 1 rings (SSSR count).